The van der Waals surface area contributed by atoms with Gasteiger partial charge in [-0.05, 0) is 43.1 Å². The molecule has 3 amide bonds. The highest BCUT2D eigenvalue weighted by Crippen LogP contribution is 2.51. The number of imide groups is 1. The third-order valence-electron chi connectivity index (χ3n) is 7.00. The van der Waals surface area contributed by atoms with Gasteiger partial charge in [-0.25, -0.2) is 0 Å². The van der Waals surface area contributed by atoms with Crippen LogP contribution in [0.25, 0.3) is 0 Å². The molecule has 3 aliphatic carbocycles. The average Bonchev–Trinajstić information content (AvgIpc) is 3.05. The molecule has 0 unspecified atom stereocenters. The van der Waals surface area contributed by atoms with Crippen molar-refractivity contribution in [1.29, 1.82) is 0 Å². The van der Waals surface area contributed by atoms with Crippen LogP contribution in [-0.4, -0.2) is 40.6 Å². The zero-order valence-electron chi connectivity index (χ0n) is 18.0. The molecule has 1 saturated heterocycles. The van der Waals surface area contributed by atoms with Crippen LogP contribution in [0.1, 0.15) is 57.6 Å². The van der Waals surface area contributed by atoms with Crippen LogP contribution >= 0.6 is 0 Å². The fourth-order valence-electron chi connectivity index (χ4n) is 5.63. The Hall–Kier alpha value is -2.43. The van der Waals surface area contributed by atoms with E-state index in [9.17, 15) is 14.4 Å². The van der Waals surface area contributed by atoms with Crippen LogP contribution in [0.2, 0.25) is 0 Å². The predicted molar refractivity (Wildman–Crippen MR) is 115 cm³/mol. The Bertz CT molecular complexity index is 796. The Morgan fingerprint density at radius 3 is 1.97 bits per heavy atom. The first-order valence-electron chi connectivity index (χ1n) is 11.4. The SMILES string of the molecule is CCCN(CCC)C(=O)C[C@H](c1ccccc1)N1C(=O)[C@@H]2[C@@H](C1=O)[C@H]1C=C[C@H]2CC1. The number of carbonyl (C=O) groups is 3. The molecule has 2 fully saturated rings. The van der Waals surface area contributed by atoms with Gasteiger partial charge in [0.05, 0.1) is 24.3 Å². The van der Waals surface area contributed by atoms with E-state index in [1.54, 1.807) is 0 Å². The van der Waals surface area contributed by atoms with Crippen molar-refractivity contribution in [3.8, 4) is 0 Å². The maximum Gasteiger partial charge on any atom is 0.234 e. The summed E-state index contributed by atoms with van der Waals surface area (Å²) in [7, 11) is 0. The quantitative estimate of drug-likeness (QED) is 0.483. The Labute approximate surface area is 179 Å². The lowest BCUT2D eigenvalue weighted by molar-refractivity contribution is -0.144. The molecular formula is C25H32N2O3. The maximum absolute atomic E-state index is 13.5. The lowest BCUT2D eigenvalue weighted by Crippen LogP contribution is -2.40. The highest BCUT2D eigenvalue weighted by Gasteiger charge is 2.58. The summed E-state index contributed by atoms with van der Waals surface area (Å²) in [4.78, 5) is 43.5. The Kier molecular flexibility index (Phi) is 6.07. The molecule has 0 aromatic heterocycles. The fraction of sp³-hybridized carbons (Fsp3) is 0.560. The zero-order valence-corrected chi connectivity index (χ0v) is 18.0. The topological polar surface area (TPSA) is 57.7 Å². The molecule has 5 nitrogen and oxygen atoms in total. The molecule has 1 saturated carbocycles. The molecule has 160 valence electrons. The maximum atomic E-state index is 13.5. The van der Waals surface area contributed by atoms with Gasteiger partial charge in [0.2, 0.25) is 17.7 Å². The molecule has 5 atom stereocenters. The number of nitrogens with zero attached hydrogens (tertiary/aromatic N) is 2. The summed E-state index contributed by atoms with van der Waals surface area (Å²) in [5.41, 5.74) is 0.861. The number of benzene rings is 1. The fourth-order valence-corrected chi connectivity index (χ4v) is 5.63. The van der Waals surface area contributed by atoms with Crippen LogP contribution in [0.15, 0.2) is 42.5 Å². The molecule has 5 rings (SSSR count). The molecule has 0 spiro atoms. The van der Waals surface area contributed by atoms with Crippen molar-refractivity contribution in [2.45, 2.75) is 52.0 Å². The van der Waals surface area contributed by atoms with Gasteiger partial charge in [-0.2, -0.15) is 0 Å². The second-order valence-electron chi connectivity index (χ2n) is 8.90. The summed E-state index contributed by atoms with van der Waals surface area (Å²) >= 11 is 0. The van der Waals surface area contributed by atoms with Crippen LogP contribution in [0.3, 0.4) is 0 Å². The first-order valence-corrected chi connectivity index (χ1v) is 11.4. The van der Waals surface area contributed by atoms with E-state index in [0.29, 0.717) is 13.1 Å². The molecule has 1 aromatic carbocycles. The van der Waals surface area contributed by atoms with E-state index in [0.717, 1.165) is 31.2 Å². The van der Waals surface area contributed by atoms with Gasteiger partial charge in [0, 0.05) is 13.1 Å². The number of allylic oxidation sites excluding steroid dienone is 2. The number of fused-ring (bicyclic) bond motifs is 1. The van der Waals surface area contributed by atoms with Crippen LogP contribution in [0.5, 0.6) is 0 Å². The minimum atomic E-state index is -0.528. The van der Waals surface area contributed by atoms with Gasteiger partial charge in [-0.3, -0.25) is 19.3 Å². The highest BCUT2D eigenvalue weighted by atomic mass is 16.2. The first-order chi connectivity index (χ1) is 14.6. The monoisotopic (exact) mass is 408 g/mol. The highest BCUT2D eigenvalue weighted by molar-refractivity contribution is 6.06. The van der Waals surface area contributed by atoms with Crippen molar-refractivity contribution in [3.05, 3.63) is 48.0 Å². The minimum absolute atomic E-state index is 0.0177. The molecule has 1 heterocycles. The number of carbonyl (C=O) groups excluding carboxylic acids is 3. The normalized spacial score (nSPS) is 28.0. The van der Waals surface area contributed by atoms with Gasteiger partial charge in [0.25, 0.3) is 0 Å². The average molecular weight is 409 g/mol. The van der Waals surface area contributed by atoms with Crippen molar-refractivity contribution in [1.82, 2.24) is 9.80 Å². The second-order valence-corrected chi connectivity index (χ2v) is 8.90. The van der Waals surface area contributed by atoms with Crippen molar-refractivity contribution < 1.29 is 14.4 Å². The molecule has 30 heavy (non-hydrogen) atoms. The summed E-state index contributed by atoms with van der Waals surface area (Å²) in [6.07, 6.45) is 8.17. The molecular weight excluding hydrogens is 376 g/mol. The summed E-state index contributed by atoms with van der Waals surface area (Å²) in [6, 6.07) is 9.06. The van der Waals surface area contributed by atoms with Crippen LogP contribution < -0.4 is 0 Å². The van der Waals surface area contributed by atoms with E-state index >= 15 is 0 Å². The lowest BCUT2D eigenvalue weighted by Gasteiger charge is -2.38. The van der Waals surface area contributed by atoms with Crippen molar-refractivity contribution in [3.63, 3.8) is 0 Å². The number of rotatable bonds is 8. The summed E-state index contributed by atoms with van der Waals surface area (Å²) in [5, 5.41) is 0. The molecule has 1 aliphatic heterocycles. The molecule has 5 heteroatoms. The lowest BCUT2D eigenvalue weighted by atomic mass is 9.63. The largest absolute Gasteiger partial charge is 0.343 e. The predicted octanol–water partition coefficient (Wildman–Crippen LogP) is 3.96. The number of hydrogen-bond donors (Lipinski definition) is 0. The van der Waals surface area contributed by atoms with Crippen LogP contribution in [-0.2, 0) is 14.4 Å². The second kappa shape index (κ2) is 8.75. The Morgan fingerprint density at radius 1 is 0.967 bits per heavy atom. The molecule has 4 aliphatic rings. The number of likely N-dealkylation sites (tertiary alicyclic amines) is 1. The van der Waals surface area contributed by atoms with E-state index in [1.807, 2.05) is 35.2 Å². The Balaban J connectivity index is 1.65. The molecule has 0 N–H and O–H groups in total. The van der Waals surface area contributed by atoms with Gasteiger partial charge in [-0.1, -0.05) is 56.3 Å². The van der Waals surface area contributed by atoms with E-state index in [4.69, 9.17) is 0 Å². The smallest absolute Gasteiger partial charge is 0.234 e. The summed E-state index contributed by atoms with van der Waals surface area (Å²) in [5.74, 6) is -0.319. The van der Waals surface area contributed by atoms with Crippen molar-refractivity contribution in [2.75, 3.05) is 13.1 Å². The molecule has 2 bridgehead atoms. The van der Waals surface area contributed by atoms with E-state index in [1.165, 1.54) is 4.90 Å². The molecule has 1 aromatic rings. The van der Waals surface area contributed by atoms with Crippen LogP contribution in [0.4, 0.5) is 0 Å². The standard InChI is InChI=1S/C25H32N2O3/c1-3-14-26(15-4-2)21(28)16-20(17-8-6-5-7-9-17)27-24(29)22-18-10-11-19(13-12-18)23(22)25(27)30/h5-11,18-20,22-23H,3-4,12-16H2,1-2H3/t18-,19-,20+,22-,23-/m0/s1. The van der Waals surface area contributed by atoms with Gasteiger partial charge in [0.1, 0.15) is 0 Å². The van der Waals surface area contributed by atoms with Gasteiger partial charge in [0.15, 0.2) is 0 Å². The van der Waals surface area contributed by atoms with Gasteiger partial charge >= 0.3 is 0 Å². The van der Waals surface area contributed by atoms with Crippen molar-refractivity contribution in [2.24, 2.45) is 23.7 Å². The summed E-state index contributed by atoms with van der Waals surface area (Å²) in [6.45, 7) is 5.53. The molecule has 0 radical (unpaired) electrons. The van der Waals surface area contributed by atoms with E-state index in [2.05, 4.69) is 26.0 Å². The third kappa shape index (κ3) is 3.59. The minimum Gasteiger partial charge on any atom is -0.343 e. The van der Waals surface area contributed by atoms with E-state index < -0.39 is 6.04 Å². The van der Waals surface area contributed by atoms with Gasteiger partial charge in [-0.15, -0.1) is 0 Å². The Morgan fingerprint density at radius 2 is 1.50 bits per heavy atom. The third-order valence-corrected chi connectivity index (χ3v) is 7.00. The zero-order chi connectivity index (χ0) is 21.3. The van der Waals surface area contributed by atoms with E-state index in [-0.39, 0.29) is 47.8 Å². The van der Waals surface area contributed by atoms with Crippen molar-refractivity contribution >= 4 is 17.7 Å². The summed E-state index contributed by atoms with van der Waals surface area (Å²) < 4.78 is 0. The number of amides is 3. The van der Waals surface area contributed by atoms with Crippen LogP contribution in [0, 0.1) is 23.7 Å². The first kappa shape index (κ1) is 20.8. The number of hydrogen-bond acceptors (Lipinski definition) is 3. The van der Waals surface area contributed by atoms with Gasteiger partial charge < -0.3 is 4.90 Å².